The van der Waals surface area contributed by atoms with Crippen LogP contribution in [-0.4, -0.2) is 29.0 Å². The van der Waals surface area contributed by atoms with Crippen LogP contribution in [0.2, 0.25) is 0 Å². The number of aromatic carboxylic acids is 1. The molecule has 2 aromatic rings. The number of carbonyl (C=O) groups is 2. The van der Waals surface area contributed by atoms with E-state index in [1.165, 1.54) is 11.0 Å². The van der Waals surface area contributed by atoms with Crippen molar-refractivity contribution < 1.29 is 14.7 Å². The molecule has 5 nitrogen and oxygen atoms in total. The van der Waals surface area contributed by atoms with Crippen LogP contribution in [0.25, 0.3) is 0 Å². The topological polar surface area (TPSA) is 70.5 Å². The SMILES string of the molecule is Cc1cccnc1CC(=O)N(C)c1ccccc1C(=O)O. The maximum Gasteiger partial charge on any atom is 0.337 e. The molecule has 1 N–H and O–H groups in total. The summed E-state index contributed by atoms with van der Waals surface area (Å²) in [7, 11) is 1.57. The Kier molecular flexibility index (Phi) is 4.33. The number of carbonyl (C=O) groups excluding carboxylic acids is 1. The van der Waals surface area contributed by atoms with E-state index in [0.29, 0.717) is 11.4 Å². The van der Waals surface area contributed by atoms with Gasteiger partial charge in [-0.05, 0) is 30.7 Å². The average Bonchev–Trinajstić information content (AvgIpc) is 2.48. The number of aryl methyl sites for hydroxylation is 1. The van der Waals surface area contributed by atoms with Gasteiger partial charge in [-0.1, -0.05) is 18.2 Å². The standard InChI is InChI=1S/C16H16N2O3/c1-11-6-5-9-17-13(11)10-15(19)18(2)14-8-4-3-7-12(14)16(20)21/h3-9H,10H2,1-2H3,(H,20,21). The van der Waals surface area contributed by atoms with Gasteiger partial charge in [-0.15, -0.1) is 0 Å². The molecule has 0 bridgehead atoms. The van der Waals surface area contributed by atoms with Gasteiger partial charge < -0.3 is 10.0 Å². The van der Waals surface area contributed by atoms with Crippen LogP contribution in [0.1, 0.15) is 21.6 Å². The highest BCUT2D eigenvalue weighted by Gasteiger charge is 2.18. The summed E-state index contributed by atoms with van der Waals surface area (Å²) in [4.78, 5) is 29.1. The Balaban J connectivity index is 2.24. The van der Waals surface area contributed by atoms with Gasteiger partial charge in [0.2, 0.25) is 5.91 Å². The summed E-state index contributed by atoms with van der Waals surface area (Å²) >= 11 is 0. The van der Waals surface area contributed by atoms with Crippen LogP contribution in [0.4, 0.5) is 5.69 Å². The lowest BCUT2D eigenvalue weighted by atomic mass is 10.1. The molecule has 1 aromatic carbocycles. The summed E-state index contributed by atoms with van der Waals surface area (Å²) in [5.41, 5.74) is 2.11. The quantitative estimate of drug-likeness (QED) is 0.935. The Morgan fingerprint density at radius 3 is 2.57 bits per heavy atom. The first-order valence-corrected chi connectivity index (χ1v) is 6.50. The number of carboxylic acid groups (broad SMARTS) is 1. The summed E-state index contributed by atoms with van der Waals surface area (Å²) in [5.74, 6) is -1.26. The summed E-state index contributed by atoms with van der Waals surface area (Å²) in [6.07, 6.45) is 1.78. The molecular formula is C16H16N2O3. The van der Waals surface area contributed by atoms with Crippen LogP contribution in [0.15, 0.2) is 42.6 Å². The van der Waals surface area contributed by atoms with Crippen LogP contribution in [0.5, 0.6) is 0 Å². The van der Waals surface area contributed by atoms with Crippen molar-refractivity contribution in [3.05, 3.63) is 59.4 Å². The van der Waals surface area contributed by atoms with Crippen molar-refractivity contribution in [3.8, 4) is 0 Å². The van der Waals surface area contributed by atoms with Gasteiger partial charge in [-0.2, -0.15) is 0 Å². The van der Waals surface area contributed by atoms with Gasteiger partial charge >= 0.3 is 5.97 Å². The molecule has 1 aromatic heterocycles. The molecule has 0 saturated carbocycles. The molecule has 0 spiro atoms. The van der Waals surface area contributed by atoms with Gasteiger partial charge in [-0.25, -0.2) is 4.79 Å². The summed E-state index contributed by atoms with van der Waals surface area (Å²) in [5, 5.41) is 9.18. The minimum Gasteiger partial charge on any atom is -0.478 e. The van der Waals surface area contributed by atoms with Gasteiger partial charge in [0.15, 0.2) is 0 Å². The van der Waals surface area contributed by atoms with E-state index in [1.807, 2.05) is 19.1 Å². The highest BCUT2D eigenvalue weighted by atomic mass is 16.4. The molecule has 0 aliphatic rings. The van der Waals surface area contributed by atoms with Crippen LogP contribution >= 0.6 is 0 Å². The predicted octanol–water partition coefficient (Wildman–Crippen LogP) is 2.29. The number of anilines is 1. The molecule has 108 valence electrons. The van der Waals surface area contributed by atoms with Crippen LogP contribution < -0.4 is 4.90 Å². The number of amides is 1. The van der Waals surface area contributed by atoms with Gasteiger partial charge in [0.25, 0.3) is 0 Å². The number of nitrogens with zero attached hydrogens (tertiary/aromatic N) is 2. The minimum atomic E-state index is -1.06. The van der Waals surface area contributed by atoms with E-state index in [-0.39, 0.29) is 17.9 Å². The second-order valence-electron chi connectivity index (χ2n) is 4.72. The number of hydrogen-bond donors (Lipinski definition) is 1. The number of pyridine rings is 1. The van der Waals surface area contributed by atoms with Crippen molar-refractivity contribution in [3.63, 3.8) is 0 Å². The number of benzene rings is 1. The fourth-order valence-electron chi connectivity index (χ4n) is 2.05. The summed E-state index contributed by atoms with van der Waals surface area (Å²) in [6.45, 7) is 1.89. The highest BCUT2D eigenvalue weighted by molar-refractivity contribution is 6.02. The van der Waals surface area contributed by atoms with Crippen molar-refractivity contribution in [2.24, 2.45) is 0 Å². The van der Waals surface area contributed by atoms with Crippen molar-refractivity contribution in [1.82, 2.24) is 4.98 Å². The number of rotatable bonds is 4. The first-order chi connectivity index (χ1) is 10.0. The van der Waals surface area contributed by atoms with E-state index in [9.17, 15) is 14.7 Å². The van der Waals surface area contributed by atoms with Crippen molar-refractivity contribution in [2.45, 2.75) is 13.3 Å². The van der Waals surface area contributed by atoms with E-state index < -0.39 is 5.97 Å². The average molecular weight is 284 g/mol. The first-order valence-electron chi connectivity index (χ1n) is 6.50. The molecule has 0 fully saturated rings. The maximum absolute atomic E-state index is 12.3. The number of likely N-dealkylation sites (N-methyl/N-ethyl adjacent to an activating group) is 1. The first kappa shape index (κ1) is 14.7. The normalized spacial score (nSPS) is 10.2. The largest absolute Gasteiger partial charge is 0.478 e. The summed E-state index contributed by atoms with van der Waals surface area (Å²) in [6, 6.07) is 10.1. The third kappa shape index (κ3) is 3.25. The molecular weight excluding hydrogens is 268 g/mol. The molecule has 0 aliphatic heterocycles. The van der Waals surface area contributed by atoms with Gasteiger partial charge in [-0.3, -0.25) is 9.78 Å². The minimum absolute atomic E-state index is 0.103. The molecule has 1 heterocycles. The smallest absolute Gasteiger partial charge is 0.337 e. The maximum atomic E-state index is 12.3. The Hall–Kier alpha value is -2.69. The number of carboxylic acids is 1. The molecule has 0 atom stereocenters. The third-order valence-corrected chi connectivity index (χ3v) is 3.31. The van der Waals surface area contributed by atoms with Gasteiger partial charge in [0, 0.05) is 13.2 Å². The predicted molar refractivity (Wildman–Crippen MR) is 79.5 cm³/mol. The lowest BCUT2D eigenvalue weighted by molar-refractivity contribution is -0.117. The van der Waals surface area contributed by atoms with Crippen LogP contribution in [0, 0.1) is 6.92 Å². The van der Waals surface area contributed by atoms with Crippen molar-refractivity contribution in [2.75, 3.05) is 11.9 Å². The molecule has 2 rings (SSSR count). The fraction of sp³-hybridized carbons (Fsp3) is 0.188. The lowest BCUT2D eigenvalue weighted by Crippen LogP contribution is -2.29. The Morgan fingerprint density at radius 1 is 1.19 bits per heavy atom. The zero-order valence-electron chi connectivity index (χ0n) is 11.9. The molecule has 5 heteroatoms. The fourth-order valence-corrected chi connectivity index (χ4v) is 2.05. The number of para-hydroxylation sites is 1. The number of aromatic nitrogens is 1. The van der Waals surface area contributed by atoms with Gasteiger partial charge in [0.1, 0.15) is 0 Å². The molecule has 0 aliphatic carbocycles. The highest BCUT2D eigenvalue weighted by Crippen LogP contribution is 2.20. The zero-order chi connectivity index (χ0) is 15.4. The van der Waals surface area contributed by atoms with E-state index >= 15 is 0 Å². The second-order valence-corrected chi connectivity index (χ2v) is 4.72. The van der Waals surface area contributed by atoms with Gasteiger partial charge in [0.05, 0.1) is 23.4 Å². The molecule has 21 heavy (non-hydrogen) atoms. The Bertz CT molecular complexity index is 683. The lowest BCUT2D eigenvalue weighted by Gasteiger charge is -2.19. The van der Waals surface area contributed by atoms with E-state index in [1.54, 1.807) is 31.4 Å². The molecule has 1 amide bonds. The number of hydrogen-bond acceptors (Lipinski definition) is 3. The molecule has 0 unspecified atom stereocenters. The van der Waals surface area contributed by atoms with Crippen molar-refractivity contribution in [1.29, 1.82) is 0 Å². The molecule has 0 saturated heterocycles. The summed E-state index contributed by atoms with van der Waals surface area (Å²) < 4.78 is 0. The second kappa shape index (κ2) is 6.17. The van der Waals surface area contributed by atoms with Crippen LogP contribution in [0.3, 0.4) is 0 Å². The van der Waals surface area contributed by atoms with E-state index in [4.69, 9.17) is 0 Å². The molecule has 0 radical (unpaired) electrons. The monoisotopic (exact) mass is 284 g/mol. The van der Waals surface area contributed by atoms with E-state index in [2.05, 4.69) is 4.98 Å². The van der Waals surface area contributed by atoms with Crippen molar-refractivity contribution >= 4 is 17.6 Å². The van der Waals surface area contributed by atoms with E-state index in [0.717, 1.165) is 5.56 Å². The van der Waals surface area contributed by atoms with Crippen LogP contribution in [-0.2, 0) is 11.2 Å². The Morgan fingerprint density at radius 2 is 1.90 bits per heavy atom. The zero-order valence-corrected chi connectivity index (χ0v) is 11.9. The third-order valence-electron chi connectivity index (χ3n) is 3.31. The Labute approximate surface area is 122 Å².